The Bertz CT molecular complexity index is 586. The van der Waals surface area contributed by atoms with E-state index < -0.39 is 6.04 Å². The summed E-state index contributed by atoms with van der Waals surface area (Å²) in [5.74, 6) is -0.770. The Balaban J connectivity index is 2.52. The summed E-state index contributed by atoms with van der Waals surface area (Å²) in [6.07, 6.45) is 0.559. The van der Waals surface area contributed by atoms with Crippen LogP contribution in [0, 0.1) is 0 Å². The van der Waals surface area contributed by atoms with Crippen molar-refractivity contribution in [1.29, 1.82) is 0 Å². The fraction of sp³-hybridized carbons (Fsp3) is 0.357. The van der Waals surface area contributed by atoms with Crippen LogP contribution in [0.4, 0.5) is 5.69 Å². The number of benzene rings is 1. The highest BCUT2D eigenvalue weighted by atomic mass is 79.9. The molecule has 106 valence electrons. The number of hydrogen-bond acceptors (Lipinski definition) is 4. The maximum Gasteiger partial charge on any atom is 0.249 e. The van der Waals surface area contributed by atoms with Crippen molar-refractivity contribution in [1.82, 2.24) is 5.32 Å². The fourth-order valence-electron chi connectivity index (χ4n) is 2.37. The van der Waals surface area contributed by atoms with Crippen LogP contribution in [0.15, 0.2) is 22.7 Å². The summed E-state index contributed by atoms with van der Waals surface area (Å²) in [5, 5.41) is 2.33. The minimum absolute atomic E-state index is 0.0704. The van der Waals surface area contributed by atoms with E-state index in [1.165, 1.54) is 6.92 Å². The van der Waals surface area contributed by atoms with E-state index in [9.17, 15) is 14.4 Å². The van der Waals surface area contributed by atoms with Gasteiger partial charge in [0.2, 0.25) is 11.8 Å². The third-order valence-corrected chi connectivity index (χ3v) is 3.78. The van der Waals surface area contributed by atoms with E-state index in [-0.39, 0.29) is 24.1 Å². The Morgan fingerprint density at radius 2 is 2.15 bits per heavy atom. The molecule has 1 aromatic carbocycles. The number of rotatable bonds is 3. The Hall–Kier alpha value is -1.69. The highest BCUT2D eigenvalue weighted by Crippen LogP contribution is 2.29. The second-order valence-corrected chi connectivity index (χ2v) is 5.60. The summed E-state index contributed by atoms with van der Waals surface area (Å²) in [4.78, 5) is 37.0. The third kappa shape index (κ3) is 2.75. The summed E-state index contributed by atoms with van der Waals surface area (Å²) in [6, 6.07) is 4.80. The van der Waals surface area contributed by atoms with E-state index in [1.54, 1.807) is 23.1 Å². The molecule has 1 heterocycles. The van der Waals surface area contributed by atoms with Crippen LogP contribution in [0.1, 0.15) is 30.6 Å². The molecular weight excluding hydrogens is 324 g/mol. The molecule has 1 aliphatic rings. The van der Waals surface area contributed by atoms with Gasteiger partial charge >= 0.3 is 0 Å². The van der Waals surface area contributed by atoms with Gasteiger partial charge in [-0.15, -0.1) is 0 Å². The SMILES string of the molecule is CCC1C(=O)NC(=O)CN1c1cc(Br)ccc1C(C)=O. The van der Waals surface area contributed by atoms with Gasteiger partial charge in [-0.05, 0) is 31.5 Å². The van der Waals surface area contributed by atoms with Crippen molar-refractivity contribution in [2.24, 2.45) is 0 Å². The fourth-order valence-corrected chi connectivity index (χ4v) is 2.71. The number of ketones is 1. The molecule has 20 heavy (non-hydrogen) atoms. The summed E-state index contributed by atoms with van der Waals surface area (Å²) in [6.45, 7) is 3.42. The van der Waals surface area contributed by atoms with Gasteiger partial charge in [0.15, 0.2) is 5.78 Å². The van der Waals surface area contributed by atoms with Gasteiger partial charge < -0.3 is 4.90 Å². The zero-order valence-corrected chi connectivity index (χ0v) is 12.9. The van der Waals surface area contributed by atoms with Crippen molar-refractivity contribution in [3.8, 4) is 0 Å². The van der Waals surface area contributed by atoms with Crippen LogP contribution in [-0.4, -0.2) is 30.2 Å². The van der Waals surface area contributed by atoms with Crippen molar-refractivity contribution in [2.45, 2.75) is 26.3 Å². The van der Waals surface area contributed by atoms with Gasteiger partial charge in [-0.25, -0.2) is 0 Å². The Labute approximate surface area is 125 Å². The lowest BCUT2D eigenvalue weighted by atomic mass is 10.0. The van der Waals surface area contributed by atoms with Crippen LogP contribution in [0.2, 0.25) is 0 Å². The molecule has 1 atom stereocenters. The molecule has 1 aliphatic heterocycles. The summed E-state index contributed by atoms with van der Waals surface area (Å²) in [5.41, 5.74) is 1.12. The van der Waals surface area contributed by atoms with Gasteiger partial charge in [-0.2, -0.15) is 0 Å². The van der Waals surface area contributed by atoms with Gasteiger partial charge in [0.05, 0.1) is 6.54 Å². The predicted molar refractivity (Wildman–Crippen MR) is 78.7 cm³/mol. The summed E-state index contributed by atoms with van der Waals surface area (Å²) < 4.78 is 0.797. The normalized spacial score (nSPS) is 18.9. The minimum atomic E-state index is -0.444. The standard InChI is InChI=1S/C14H15BrN2O3/c1-3-11-14(20)16-13(19)7-17(11)12-6-9(15)4-5-10(12)8(2)18/h4-6,11H,3,7H2,1-2H3,(H,16,19,20). The first kappa shape index (κ1) is 14.7. The number of halogens is 1. The molecule has 2 amide bonds. The monoisotopic (exact) mass is 338 g/mol. The molecule has 0 radical (unpaired) electrons. The molecule has 1 unspecified atom stereocenters. The number of hydrogen-bond donors (Lipinski definition) is 1. The van der Waals surface area contributed by atoms with Crippen molar-refractivity contribution < 1.29 is 14.4 Å². The van der Waals surface area contributed by atoms with E-state index in [0.717, 1.165) is 4.47 Å². The van der Waals surface area contributed by atoms with Crippen LogP contribution >= 0.6 is 15.9 Å². The smallest absolute Gasteiger partial charge is 0.249 e. The maximum absolute atomic E-state index is 11.9. The molecule has 1 fully saturated rings. The van der Waals surface area contributed by atoms with E-state index >= 15 is 0 Å². The van der Waals surface area contributed by atoms with Crippen LogP contribution in [0.25, 0.3) is 0 Å². The molecule has 1 N–H and O–H groups in total. The van der Waals surface area contributed by atoms with Crippen molar-refractivity contribution in [3.05, 3.63) is 28.2 Å². The highest BCUT2D eigenvalue weighted by Gasteiger charge is 2.34. The largest absolute Gasteiger partial charge is 0.350 e. The Morgan fingerprint density at radius 3 is 2.75 bits per heavy atom. The Morgan fingerprint density at radius 1 is 1.45 bits per heavy atom. The van der Waals surface area contributed by atoms with Gasteiger partial charge in [0.25, 0.3) is 0 Å². The lowest BCUT2D eigenvalue weighted by molar-refractivity contribution is -0.132. The number of carbonyl (C=O) groups is 3. The molecule has 1 saturated heterocycles. The number of nitrogens with one attached hydrogen (secondary N) is 1. The predicted octanol–water partition coefficient (Wildman–Crippen LogP) is 1.89. The maximum atomic E-state index is 11.9. The topological polar surface area (TPSA) is 66.5 Å². The number of piperazine rings is 1. The van der Waals surface area contributed by atoms with E-state index in [4.69, 9.17) is 0 Å². The quantitative estimate of drug-likeness (QED) is 0.675. The first-order valence-corrected chi connectivity index (χ1v) is 7.14. The van der Waals surface area contributed by atoms with Crippen molar-refractivity contribution in [3.63, 3.8) is 0 Å². The van der Waals surface area contributed by atoms with Crippen LogP contribution in [0.3, 0.4) is 0 Å². The van der Waals surface area contributed by atoms with Gasteiger partial charge in [0.1, 0.15) is 6.04 Å². The molecule has 0 spiro atoms. The average molecular weight is 339 g/mol. The number of Topliss-reactive ketones (excluding diaryl/α,β-unsaturated/α-hetero) is 1. The molecular formula is C14H15BrN2O3. The third-order valence-electron chi connectivity index (χ3n) is 3.29. The average Bonchev–Trinajstić information content (AvgIpc) is 2.37. The molecule has 2 rings (SSSR count). The lowest BCUT2D eigenvalue weighted by Crippen LogP contribution is -2.58. The van der Waals surface area contributed by atoms with E-state index in [0.29, 0.717) is 17.7 Å². The molecule has 0 aromatic heterocycles. The second kappa shape index (κ2) is 5.75. The second-order valence-electron chi connectivity index (χ2n) is 4.68. The lowest BCUT2D eigenvalue weighted by Gasteiger charge is -2.36. The van der Waals surface area contributed by atoms with Gasteiger partial charge in [-0.1, -0.05) is 22.9 Å². The highest BCUT2D eigenvalue weighted by molar-refractivity contribution is 9.10. The number of imide groups is 1. The molecule has 0 saturated carbocycles. The summed E-state index contributed by atoms with van der Waals surface area (Å²) >= 11 is 3.36. The first-order chi connectivity index (χ1) is 9.43. The number of nitrogens with zero attached hydrogens (tertiary/aromatic N) is 1. The molecule has 5 nitrogen and oxygen atoms in total. The van der Waals surface area contributed by atoms with Crippen LogP contribution < -0.4 is 10.2 Å². The van der Waals surface area contributed by atoms with Crippen molar-refractivity contribution >= 4 is 39.2 Å². The van der Waals surface area contributed by atoms with E-state index in [2.05, 4.69) is 21.2 Å². The van der Waals surface area contributed by atoms with Gasteiger partial charge in [-0.3, -0.25) is 19.7 Å². The zero-order valence-electron chi connectivity index (χ0n) is 11.3. The molecule has 0 bridgehead atoms. The Kier molecular flexibility index (Phi) is 4.23. The van der Waals surface area contributed by atoms with Crippen LogP contribution in [-0.2, 0) is 9.59 Å². The minimum Gasteiger partial charge on any atom is -0.350 e. The molecule has 0 aliphatic carbocycles. The zero-order chi connectivity index (χ0) is 14.9. The van der Waals surface area contributed by atoms with E-state index in [1.807, 2.05) is 6.92 Å². The van der Waals surface area contributed by atoms with Gasteiger partial charge in [0, 0.05) is 15.7 Å². The molecule has 6 heteroatoms. The number of anilines is 1. The van der Waals surface area contributed by atoms with Crippen LogP contribution in [0.5, 0.6) is 0 Å². The number of amides is 2. The summed E-state index contributed by atoms with van der Waals surface area (Å²) in [7, 11) is 0. The number of carbonyl (C=O) groups excluding carboxylic acids is 3. The molecule has 1 aromatic rings. The van der Waals surface area contributed by atoms with Crippen molar-refractivity contribution in [2.75, 3.05) is 11.4 Å². The first-order valence-electron chi connectivity index (χ1n) is 6.35.